The Kier molecular flexibility index (Phi) is 44.8. The molecule has 30 N–H and O–H groups in total. The molecule has 8 aromatic rings. The average Bonchev–Trinajstić information content (AvgIpc) is 0.788. The molecule has 8 aromatic carbocycles. The molecule has 1 saturated heterocycles. The lowest BCUT2D eigenvalue weighted by Crippen LogP contribution is -2.37. The van der Waals surface area contributed by atoms with Crippen LogP contribution < -0.4 is 83.1 Å². The number of hydrogen-bond donors (Lipinski definition) is 21. The van der Waals surface area contributed by atoms with E-state index < -0.39 is 151 Å². The number of aliphatic hydroxyl groups is 4. The molecule has 1 aliphatic heterocycles. The van der Waals surface area contributed by atoms with Crippen LogP contribution in [0.25, 0.3) is 0 Å². The van der Waals surface area contributed by atoms with E-state index in [4.69, 9.17) is 91.0 Å². The monoisotopic (exact) mass is 1970 g/mol. The maximum Gasteiger partial charge on any atom is 0.397 e. The molecule has 0 aliphatic carbocycles. The van der Waals surface area contributed by atoms with Crippen LogP contribution in [0.2, 0.25) is 0 Å². The number of nitrogens with two attached hydrogens (primary N) is 9. The van der Waals surface area contributed by atoms with E-state index in [0.717, 1.165) is 11.1 Å². The Hall–Kier alpha value is -10.1. The summed E-state index contributed by atoms with van der Waals surface area (Å²) in [6.07, 6.45) is -0.0112. The van der Waals surface area contributed by atoms with Crippen LogP contribution in [0.3, 0.4) is 0 Å². The molecule has 0 spiro atoms. The molecular weight excluding hydrogens is 1860 g/mol. The number of hydrogen-bond acceptors (Lipinski definition) is 40. The number of carboxylic acids is 1. The van der Waals surface area contributed by atoms with E-state index in [9.17, 15) is 80.6 Å². The second kappa shape index (κ2) is 52.0. The second-order valence-corrected chi connectivity index (χ2v) is 44.3. The second-order valence-electron chi connectivity index (χ2n) is 27.2. The molecule has 0 amide bonds. The lowest BCUT2D eigenvalue weighted by atomic mass is 10.1. The number of aliphatic hydroxyl groups excluding tert-OH is 4. The summed E-state index contributed by atoms with van der Waals surface area (Å²) >= 11 is 0. The summed E-state index contributed by atoms with van der Waals surface area (Å²) in [5.74, 6) is -5.07. The summed E-state index contributed by atoms with van der Waals surface area (Å²) in [7, 11) is -34.8. The van der Waals surface area contributed by atoms with Gasteiger partial charge in [0.1, 0.15) is 0 Å². The molecule has 1 fully saturated rings. The smallest absolute Gasteiger partial charge is 0.397 e. The van der Waals surface area contributed by atoms with Crippen molar-refractivity contribution in [3.05, 3.63) is 175 Å². The lowest BCUT2D eigenvalue weighted by Gasteiger charge is -2.30. The fourth-order valence-electron chi connectivity index (χ4n) is 11.2. The van der Waals surface area contributed by atoms with Crippen molar-refractivity contribution in [3.8, 4) is 0 Å². The predicted octanol–water partition coefficient (Wildman–Crippen LogP) is 0.395. The van der Waals surface area contributed by atoms with Crippen molar-refractivity contribution in [2.24, 2.45) is 17.2 Å². The maximum absolute atomic E-state index is 12.6. The van der Waals surface area contributed by atoms with Crippen LogP contribution in [-0.2, 0) is 115 Å². The van der Waals surface area contributed by atoms with Gasteiger partial charge in [-0.3, -0.25) is 13.9 Å². The molecular formula is C76H111N15O28S9. The van der Waals surface area contributed by atoms with Gasteiger partial charge in [0.25, 0.3) is 10.1 Å². The molecule has 128 heavy (non-hydrogen) atoms. The van der Waals surface area contributed by atoms with Crippen LogP contribution in [0.4, 0.5) is 68.2 Å². The third-order valence-corrected chi connectivity index (χ3v) is 30.8. The Labute approximate surface area is 745 Å². The highest BCUT2D eigenvalue weighted by Crippen LogP contribution is 2.33. The molecule has 1 heterocycles. The molecule has 0 atom stereocenters. The number of benzene rings is 8. The van der Waals surface area contributed by atoms with Crippen molar-refractivity contribution < 1.29 is 124 Å². The quantitative estimate of drug-likeness (QED) is 0.0182. The zero-order chi connectivity index (χ0) is 95.9. The van der Waals surface area contributed by atoms with Crippen LogP contribution in [0.5, 0.6) is 0 Å². The highest BCUT2D eigenvalue weighted by Gasteiger charge is 2.28. The van der Waals surface area contributed by atoms with Gasteiger partial charge in [-0.05, 0) is 139 Å². The number of nitrogens with one attached hydrogen (secondary N) is 5. The highest BCUT2D eigenvalue weighted by molar-refractivity contribution is 7.94. The van der Waals surface area contributed by atoms with Crippen molar-refractivity contribution in [2.45, 2.75) is 52.9 Å². The first-order chi connectivity index (χ1) is 59.9. The number of nitrogens with zero attached hydrogens (tertiary/aromatic N) is 1. The Balaban J connectivity index is 0.000000326. The summed E-state index contributed by atoms with van der Waals surface area (Å²) in [4.78, 5) is 12.6. The van der Waals surface area contributed by atoms with Crippen LogP contribution >= 0.6 is 0 Å². The SMILES string of the molecule is NCCNc1ccc(N)cc1S(=O)(=O)CCC(=O)O.NCCNc1ccc(N)cc1S(=O)(=O)CCO.NCCNc1ccc(N)cc1S(=O)(=O)Cc1ccccc1.Nc1ccc(N2CCOCC2)c(S(=O)(=O)CCOS(=O)(=O)O)c1.Nc1ccc(NCCO)c(S(=O)(=O)CCO)c1.Nc1ccc(NCCc2ccc(S(=O)(=O)CCO)cc2)c(S(=O)(=O)CCS(=O)(=O)O)c1. The number of carboxylic acid groups (broad SMARTS) is 1. The molecule has 712 valence electrons. The maximum atomic E-state index is 12.6. The number of ether oxygens (including phenoxy) is 1. The van der Waals surface area contributed by atoms with Gasteiger partial charge >= 0.3 is 16.4 Å². The molecule has 43 nitrogen and oxygen atoms in total. The van der Waals surface area contributed by atoms with Crippen LogP contribution in [0.15, 0.2) is 198 Å². The number of nitrogen functional groups attached to an aromatic ring is 6. The molecule has 0 aromatic heterocycles. The van der Waals surface area contributed by atoms with Crippen LogP contribution in [0.1, 0.15) is 17.5 Å². The van der Waals surface area contributed by atoms with E-state index in [1.807, 2.05) is 23.1 Å². The van der Waals surface area contributed by atoms with Crippen LogP contribution in [0, 0.1) is 0 Å². The summed E-state index contributed by atoms with van der Waals surface area (Å²) in [6.45, 7) is 2.98. The standard InChI is InChI=1S/C18H24N2O8S3.C15H19N3O2S.C12H18N2O7S2.C11H17N3O4S.C10H17N3O3S.C10H16N2O4S/c19-15-3-6-17(18(13-15)30(24,25)11-12-31(26,27)28)20-8-7-14-1-4-16(5-2-14)29(22,23)10-9-21;16-8-9-18-14-7-6-13(17)10-15(14)21(19,20)11-12-4-2-1-3-5-12;13-10-1-2-11(14-3-5-20-6-4-14)12(9-10)22(15,16)8-7-21-23(17,18)19;12-4-5-14-9-2-1-8(13)7-10(9)19(17,18)6-3-11(15)16;11-3-4-13-9-2-1-8(12)7-10(9)17(15,16)6-5-14;11-8-1-2-9(12-3-4-13)10(7-8)17(15,16)6-5-14/h1-6,13,20-21H,7-12,19H2,(H,26,27,28);1-7,10,18H,8-9,11,16-17H2;1-2,9H,3-8,13H2,(H,17,18,19);1-2,7,14H,3-6,12-13H2,(H,15,16);1-2,7,13-14H,3-6,11-12H2;1-2,7,12-14H,3-6,11H2. The van der Waals surface area contributed by atoms with Gasteiger partial charge in [-0.2, -0.15) is 16.8 Å². The number of sulfone groups is 7. The lowest BCUT2D eigenvalue weighted by molar-refractivity contribution is -0.136. The Morgan fingerprint density at radius 1 is 0.367 bits per heavy atom. The third kappa shape index (κ3) is 38.3. The van der Waals surface area contributed by atoms with Crippen molar-refractivity contribution in [1.29, 1.82) is 0 Å². The van der Waals surface area contributed by atoms with Crippen molar-refractivity contribution in [2.75, 3.05) is 218 Å². The molecule has 0 saturated carbocycles. The van der Waals surface area contributed by atoms with Gasteiger partial charge in [-0.1, -0.05) is 42.5 Å². The molecule has 0 bridgehead atoms. The number of rotatable bonds is 42. The molecule has 52 heteroatoms. The van der Waals surface area contributed by atoms with Gasteiger partial charge in [0.05, 0.1) is 167 Å². The normalized spacial score (nSPS) is 12.6. The van der Waals surface area contributed by atoms with E-state index in [2.05, 4.69) is 30.8 Å². The Morgan fingerprint density at radius 2 is 0.711 bits per heavy atom. The van der Waals surface area contributed by atoms with Gasteiger partial charge in [0.15, 0.2) is 68.9 Å². The van der Waals surface area contributed by atoms with Crippen LogP contribution in [-0.4, -0.2) is 268 Å². The zero-order valence-electron chi connectivity index (χ0n) is 69.2. The molecule has 9 rings (SSSR count). The number of morpholine rings is 1. The van der Waals surface area contributed by atoms with Gasteiger partial charge in [0, 0.05) is 99.6 Å². The summed E-state index contributed by atoms with van der Waals surface area (Å²) in [5.41, 5.74) is 55.8. The highest BCUT2D eigenvalue weighted by atomic mass is 32.3. The van der Waals surface area contributed by atoms with Gasteiger partial charge < -0.3 is 113 Å². The van der Waals surface area contributed by atoms with Gasteiger partial charge in [0.2, 0.25) is 0 Å². The first kappa shape index (κ1) is 110. The van der Waals surface area contributed by atoms with Crippen molar-refractivity contribution in [3.63, 3.8) is 0 Å². The fourth-order valence-corrected chi connectivity index (χ4v) is 22.2. The van der Waals surface area contributed by atoms with E-state index >= 15 is 0 Å². The topological polar surface area (TPSA) is 782 Å². The minimum absolute atomic E-state index is 0.00154. The van der Waals surface area contributed by atoms with Crippen molar-refractivity contribution >= 4 is 164 Å². The van der Waals surface area contributed by atoms with Gasteiger partial charge in [-0.15, -0.1) is 0 Å². The number of anilines is 12. The van der Waals surface area contributed by atoms with Crippen molar-refractivity contribution in [1.82, 2.24) is 0 Å². The Morgan fingerprint density at radius 3 is 1.08 bits per heavy atom. The largest absolute Gasteiger partial charge is 0.481 e. The van der Waals surface area contributed by atoms with E-state index in [0.29, 0.717) is 130 Å². The number of aliphatic carboxylic acids is 1. The van der Waals surface area contributed by atoms with E-state index in [-0.39, 0.29) is 87.5 Å². The first-order valence-electron chi connectivity index (χ1n) is 38.4. The van der Waals surface area contributed by atoms with E-state index in [1.165, 1.54) is 66.7 Å². The molecule has 0 unspecified atom stereocenters. The predicted molar refractivity (Wildman–Crippen MR) is 492 cm³/mol. The van der Waals surface area contributed by atoms with E-state index in [1.54, 1.807) is 78.9 Å². The first-order valence-corrected chi connectivity index (χ1v) is 52.9. The number of carbonyl (C=O) groups is 1. The molecule has 1 aliphatic rings. The average molecular weight is 1970 g/mol. The molecule has 0 radical (unpaired) electrons. The third-order valence-electron chi connectivity index (χ3n) is 17.3. The summed E-state index contributed by atoms with van der Waals surface area (Å²) in [5, 5.41) is 58.1. The van der Waals surface area contributed by atoms with Gasteiger partial charge in [-0.25, -0.2) is 63.1 Å². The summed E-state index contributed by atoms with van der Waals surface area (Å²) < 4.78 is 240. The Bertz CT molecular complexity index is 5950. The minimum Gasteiger partial charge on any atom is -0.481 e. The summed E-state index contributed by atoms with van der Waals surface area (Å²) in [6, 6.07) is 42.1. The zero-order valence-corrected chi connectivity index (χ0v) is 76.6. The minimum atomic E-state index is -4.68. The fraction of sp³-hybridized carbons (Fsp3) is 0.355.